The average Bonchev–Trinajstić information content (AvgIpc) is 2.36. The van der Waals surface area contributed by atoms with Crippen LogP contribution < -0.4 is 20.9 Å². The first-order chi connectivity index (χ1) is 8.04. The minimum Gasteiger partial charge on any atom is -0.496 e. The van der Waals surface area contributed by atoms with E-state index in [1.54, 1.807) is 14.2 Å². The normalized spacial score (nSPS) is 14.2. The van der Waals surface area contributed by atoms with Gasteiger partial charge < -0.3 is 20.9 Å². The van der Waals surface area contributed by atoms with Gasteiger partial charge in [0.15, 0.2) is 0 Å². The summed E-state index contributed by atoms with van der Waals surface area (Å²) in [4.78, 5) is 0. The number of ether oxygens (including phenoxy) is 2. The zero-order valence-electron chi connectivity index (χ0n) is 11.0. The first-order valence-corrected chi connectivity index (χ1v) is 5.73. The summed E-state index contributed by atoms with van der Waals surface area (Å²) in [5, 5.41) is 0. The van der Waals surface area contributed by atoms with Gasteiger partial charge in [-0.3, -0.25) is 0 Å². The molecule has 0 amide bonds. The number of nitrogens with two attached hydrogens (primary N) is 2. The van der Waals surface area contributed by atoms with Crippen LogP contribution in [-0.4, -0.2) is 20.8 Å². The molecule has 0 aliphatic carbocycles. The van der Waals surface area contributed by atoms with Gasteiger partial charge in [0.2, 0.25) is 0 Å². The molecule has 0 saturated heterocycles. The molecule has 1 rings (SSSR count). The highest BCUT2D eigenvalue weighted by molar-refractivity contribution is 5.47. The summed E-state index contributed by atoms with van der Waals surface area (Å²) in [5.74, 6) is 1.80. The van der Waals surface area contributed by atoms with Crippen LogP contribution >= 0.6 is 0 Å². The molecule has 0 spiro atoms. The fourth-order valence-electron chi connectivity index (χ4n) is 1.79. The zero-order chi connectivity index (χ0) is 13.0. The van der Waals surface area contributed by atoms with E-state index >= 15 is 0 Å². The van der Waals surface area contributed by atoms with Crippen molar-refractivity contribution in [3.05, 3.63) is 23.3 Å². The highest BCUT2D eigenvalue weighted by Gasteiger charge is 2.19. The molecule has 0 aliphatic heterocycles. The highest BCUT2D eigenvalue weighted by Crippen LogP contribution is 2.33. The van der Waals surface area contributed by atoms with Crippen molar-refractivity contribution in [1.82, 2.24) is 0 Å². The molecule has 0 bridgehead atoms. The Labute approximate surface area is 103 Å². The third kappa shape index (κ3) is 2.90. The summed E-state index contributed by atoms with van der Waals surface area (Å²) in [5.41, 5.74) is 13.8. The SMILES string of the molecule is COc1cc(C(N)C(C)CN)c(OC)cc1C. The van der Waals surface area contributed by atoms with Crippen molar-refractivity contribution in [1.29, 1.82) is 0 Å². The molecule has 0 saturated carbocycles. The Bertz CT molecular complexity index is 380. The average molecular weight is 238 g/mol. The fourth-order valence-corrected chi connectivity index (χ4v) is 1.79. The van der Waals surface area contributed by atoms with Crippen LogP contribution in [0.3, 0.4) is 0 Å². The van der Waals surface area contributed by atoms with Gasteiger partial charge >= 0.3 is 0 Å². The van der Waals surface area contributed by atoms with Gasteiger partial charge in [-0.1, -0.05) is 6.92 Å². The quantitative estimate of drug-likeness (QED) is 0.817. The van der Waals surface area contributed by atoms with E-state index < -0.39 is 0 Å². The van der Waals surface area contributed by atoms with Gasteiger partial charge in [-0.2, -0.15) is 0 Å². The Hall–Kier alpha value is -1.26. The molecule has 0 heterocycles. The number of aryl methyl sites for hydroxylation is 1. The summed E-state index contributed by atoms with van der Waals surface area (Å²) in [7, 11) is 3.29. The van der Waals surface area contributed by atoms with Crippen LogP contribution in [0.5, 0.6) is 11.5 Å². The maximum atomic E-state index is 6.18. The third-order valence-electron chi connectivity index (χ3n) is 3.09. The van der Waals surface area contributed by atoms with Crippen LogP contribution in [0.25, 0.3) is 0 Å². The van der Waals surface area contributed by atoms with Gasteiger partial charge in [0.05, 0.1) is 14.2 Å². The van der Waals surface area contributed by atoms with Gasteiger partial charge in [0.25, 0.3) is 0 Å². The molecule has 2 unspecified atom stereocenters. The summed E-state index contributed by atoms with van der Waals surface area (Å²) in [6.07, 6.45) is 0. The topological polar surface area (TPSA) is 70.5 Å². The molecule has 0 aliphatic rings. The standard InChI is InChI=1S/C13H22N2O2/c1-8-5-12(17-4)10(6-11(8)16-3)13(15)9(2)7-14/h5-6,9,13H,7,14-15H2,1-4H3. The Morgan fingerprint density at radius 1 is 1.18 bits per heavy atom. The maximum Gasteiger partial charge on any atom is 0.124 e. The predicted octanol–water partition coefficient (Wildman–Crippen LogP) is 1.61. The minimum absolute atomic E-state index is 0.149. The van der Waals surface area contributed by atoms with Gasteiger partial charge in [-0.25, -0.2) is 0 Å². The molecule has 1 aromatic carbocycles. The molecular weight excluding hydrogens is 216 g/mol. The lowest BCUT2D eigenvalue weighted by Crippen LogP contribution is -2.26. The minimum atomic E-state index is -0.149. The molecular formula is C13H22N2O2. The van der Waals surface area contributed by atoms with Gasteiger partial charge in [0.1, 0.15) is 11.5 Å². The molecule has 4 N–H and O–H groups in total. The van der Waals surface area contributed by atoms with E-state index in [2.05, 4.69) is 0 Å². The van der Waals surface area contributed by atoms with Crippen molar-refractivity contribution in [2.24, 2.45) is 17.4 Å². The molecule has 0 fully saturated rings. The number of hydrogen-bond acceptors (Lipinski definition) is 4. The van der Waals surface area contributed by atoms with Crippen LogP contribution in [0.1, 0.15) is 24.1 Å². The molecule has 0 aromatic heterocycles. The van der Waals surface area contributed by atoms with E-state index in [-0.39, 0.29) is 12.0 Å². The van der Waals surface area contributed by atoms with E-state index in [9.17, 15) is 0 Å². The van der Waals surface area contributed by atoms with E-state index in [1.807, 2.05) is 26.0 Å². The van der Waals surface area contributed by atoms with E-state index in [4.69, 9.17) is 20.9 Å². The van der Waals surface area contributed by atoms with Crippen LogP contribution in [0.4, 0.5) is 0 Å². The van der Waals surface area contributed by atoms with E-state index in [1.165, 1.54) is 0 Å². The lowest BCUT2D eigenvalue weighted by atomic mass is 9.93. The molecule has 17 heavy (non-hydrogen) atoms. The lowest BCUT2D eigenvalue weighted by molar-refractivity contribution is 0.382. The van der Waals surface area contributed by atoms with Crippen LogP contribution in [0.2, 0.25) is 0 Å². The van der Waals surface area contributed by atoms with Crippen molar-refractivity contribution in [3.63, 3.8) is 0 Å². The van der Waals surface area contributed by atoms with Gasteiger partial charge in [-0.05, 0) is 37.1 Å². The molecule has 0 radical (unpaired) electrons. The summed E-state index contributed by atoms with van der Waals surface area (Å²) in [6.45, 7) is 4.54. The molecule has 2 atom stereocenters. The molecule has 4 heteroatoms. The summed E-state index contributed by atoms with van der Waals surface area (Å²) < 4.78 is 10.7. The summed E-state index contributed by atoms with van der Waals surface area (Å²) >= 11 is 0. The van der Waals surface area contributed by atoms with Gasteiger partial charge in [0, 0.05) is 11.6 Å². The largest absolute Gasteiger partial charge is 0.496 e. The van der Waals surface area contributed by atoms with Crippen molar-refractivity contribution in [3.8, 4) is 11.5 Å². The second-order valence-corrected chi connectivity index (χ2v) is 4.30. The Morgan fingerprint density at radius 3 is 2.24 bits per heavy atom. The monoisotopic (exact) mass is 238 g/mol. The highest BCUT2D eigenvalue weighted by atomic mass is 16.5. The molecule has 96 valence electrons. The smallest absolute Gasteiger partial charge is 0.124 e. The molecule has 4 nitrogen and oxygen atoms in total. The van der Waals surface area contributed by atoms with Crippen molar-refractivity contribution < 1.29 is 9.47 Å². The van der Waals surface area contributed by atoms with Crippen molar-refractivity contribution in [2.45, 2.75) is 19.9 Å². The van der Waals surface area contributed by atoms with Crippen LogP contribution in [-0.2, 0) is 0 Å². The van der Waals surface area contributed by atoms with Crippen molar-refractivity contribution in [2.75, 3.05) is 20.8 Å². The predicted molar refractivity (Wildman–Crippen MR) is 69.4 cm³/mol. The molecule has 1 aromatic rings. The van der Waals surface area contributed by atoms with Crippen LogP contribution in [0.15, 0.2) is 12.1 Å². The van der Waals surface area contributed by atoms with E-state index in [0.717, 1.165) is 22.6 Å². The number of rotatable bonds is 5. The lowest BCUT2D eigenvalue weighted by Gasteiger charge is -2.22. The first kappa shape index (κ1) is 13.8. The number of hydrogen-bond donors (Lipinski definition) is 2. The van der Waals surface area contributed by atoms with Crippen LogP contribution in [0, 0.1) is 12.8 Å². The summed E-state index contributed by atoms with van der Waals surface area (Å²) in [6, 6.07) is 3.73. The number of benzene rings is 1. The fraction of sp³-hybridized carbons (Fsp3) is 0.538. The Kier molecular flexibility index (Phi) is 4.78. The third-order valence-corrected chi connectivity index (χ3v) is 3.09. The first-order valence-electron chi connectivity index (χ1n) is 5.73. The number of methoxy groups -OCH3 is 2. The maximum absolute atomic E-state index is 6.18. The second-order valence-electron chi connectivity index (χ2n) is 4.30. The Balaban J connectivity index is 3.20. The van der Waals surface area contributed by atoms with Gasteiger partial charge in [-0.15, -0.1) is 0 Å². The van der Waals surface area contributed by atoms with Crippen molar-refractivity contribution >= 4 is 0 Å². The second kappa shape index (κ2) is 5.89. The zero-order valence-corrected chi connectivity index (χ0v) is 11.0. The van der Waals surface area contributed by atoms with E-state index in [0.29, 0.717) is 6.54 Å². The Morgan fingerprint density at radius 2 is 1.76 bits per heavy atom.